The second-order valence-electron chi connectivity index (χ2n) is 7.49. The van der Waals surface area contributed by atoms with Crippen molar-refractivity contribution in [1.29, 1.82) is 0 Å². The van der Waals surface area contributed by atoms with E-state index in [1.54, 1.807) is 15.9 Å². The Kier molecular flexibility index (Phi) is 5.59. The predicted octanol–water partition coefficient (Wildman–Crippen LogP) is 4.27. The van der Waals surface area contributed by atoms with Crippen molar-refractivity contribution in [2.45, 2.75) is 46.6 Å². The van der Waals surface area contributed by atoms with Crippen molar-refractivity contribution < 1.29 is 9.53 Å². The van der Waals surface area contributed by atoms with Crippen LogP contribution in [-0.2, 0) is 22.6 Å². The highest BCUT2D eigenvalue weighted by atomic mass is 32.1. The van der Waals surface area contributed by atoms with Crippen LogP contribution in [0, 0.1) is 13.8 Å². The second kappa shape index (κ2) is 8.31. The van der Waals surface area contributed by atoms with Gasteiger partial charge < -0.3 is 4.74 Å². The Bertz CT molecular complexity index is 1190. The van der Waals surface area contributed by atoms with E-state index in [0.29, 0.717) is 11.7 Å². The van der Waals surface area contributed by atoms with Crippen LogP contribution in [0.25, 0.3) is 16.3 Å². The molecule has 3 aromatic heterocycles. The van der Waals surface area contributed by atoms with E-state index >= 15 is 0 Å². The van der Waals surface area contributed by atoms with Gasteiger partial charge in [-0.25, -0.2) is 14.5 Å². The molecule has 154 valence electrons. The first-order valence-electron chi connectivity index (χ1n) is 9.78. The maximum Gasteiger partial charge on any atom is 0.310 e. The van der Waals surface area contributed by atoms with Gasteiger partial charge in [-0.2, -0.15) is 10.1 Å². The normalized spacial score (nSPS) is 11.4. The largest absolute Gasteiger partial charge is 0.459 e. The topological polar surface area (TPSA) is 82.3 Å². The van der Waals surface area contributed by atoms with Gasteiger partial charge in [0.2, 0.25) is 0 Å². The number of esters is 1. The molecule has 0 saturated heterocycles. The SMILES string of the molecule is Cc1nc2ncnn2c(C)c1CC(=O)OCc1csc(-c2ccc(C(C)C)cc2)n1. The van der Waals surface area contributed by atoms with Crippen molar-refractivity contribution >= 4 is 23.1 Å². The van der Waals surface area contributed by atoms with E-state index in [1.165, 1.54) is 11.9 Å². The first kappa shape index (κ1) is 20.2. The maximum absolute atomic E-state index is 12.4. The minimum absolute atomic E-state index is 0.133. The van der Waals surface area contributed by atoms with Gasteiger partial charge in [0.05, 0.1) is 12.1 Å². The number of hydrogen-bond donors (Lipinski definition) is 0. The first-order chi connectivity index (χ1) is 14.4. The molecule has 7 nitrogen and oxygen atoms in total. The second-order valence-corrected chi connectivity index (χ2v) is 8.35. The van der Waals surface area contributed by atoms with Crippen LogP contribution in [0.3, 0.4) is 0 Å². The molecule has 1 aromatic carbocycles. The number of benzene rings is 1. The quantitative estimate of drug-likeness (QED) is 0.432. The summed E-state index contributed by atoms with van der Waals surface area (Å²) < 4.78 is 7.10. The summed E-state index contributed by atoms with van der Waals surface area (Å²) in [5.41, 5.74) is 5.52. The summed E-state index contributed by atoms with van der Waals surface area (Å²) in [5.74, 6) is 0.704. The molecular formula is C22H23N5O2S. The number of aryl methyl sites for hydroxylation is 2. The lowest BCUT2D eigenvalue weighted by atomic mass is 10.0. The van der Waals surface area contributed by atoms with Crippen LogP contribution in [0.1, 0.15) is 48.0 Å². The van der Waals surface area contributed by atoms with E-state index in [9.17, 15) is 4.79 Å². The third-order valence-corrected chi connectivity index (χ3v) is 6.01. The van der Waals surface area contributed by atoms with E-state index in [1.807, 2.05) is 19.2 Å². The van der Waals surface area contributed by atoms with Gasteiger partial charge >= 0.3 is 5.97 Å². The minimum atomic E-state index is -0.321. The summed E-state index contributed by atoms with van der Waals surface area (Å²) in [7, 11) is 0. The van der Waals surface area contributed by atoms with Gasteiger partial charge in [0.25, 0.3) is 5.78 Å². The average molecular weight is 422 g/mol. The Morgan fingerprint density at radius 2 is 1.93 bits per heavy atom. The molecule has 0 atom stereocenters. The number of nitrogens with zero attached hydrogens (tertiary/aromatic N) is 5. The number of fused-ring (bicyclic) bond motifs is 1. The molecule has 4 rings (SSSR count). The molecule has 3 heterocycles. The van der Waals surface area contributed by atoms with Gasteiger partial charge in [0.15, 0.2) is 0 Å². The molecule has 0 N–H and O–H groups in total. The average Bonchev–Trinajstić information content (AvgIpc) is 3.39. The fourth-order valence-corrected chi connectivity index (χ4v) is 4.09. The van der Waals surface area contributed by atoms with E-state index in [-0.39, 0.29) is 19.0 Å². The first-order valence-corrected chi connectivity index (χ1v) is 10.7. The van der Waals surface area contributed by atoms with Crippen LogP contribution in [0.4, 0.5) is 0 Å². The molecule has 0 bridgehead atoms. The minimum Gasteiger partial charge on any atom is -0.459 e. The molecule has 8 heteroatoms. The van der Waals surface area contributed by atoms with Crippen molar-refractivity contribution in [3.63, 3.8) is 0 Å². The van der Waals surface area contributed by atoms with Gasteiger partial charge in [-0.05, 0) is 25.3 Å². The molecule has 0 aliphatic carbocycles. The zero-order chi connectivity index (χ0) is 21.3. The van der Waals surface area contributed by atoms with Gasteiger partial charge in [-0.1, -0.05) is 38.1 Å². The zero-order valence-electron chi connectivity index (χ0n) is 17.4. The van der Waals surface area contributed by atoms with E-state index in [0.717, 1.165) is 33.2 Å². The summed E-state index contributed by atoms with van der Waals surface area (Å²) in [4.78, 5) is 25.5. The number of carbonyl (C=O) groups is 1. The van der Waals surface area contributed by atoms with Crippen molar-refractivity contribution in [1.82, 2.24) is 24.6 Å². The Balaban J connectivity index is 1.40. The summed E-state index contributed by atoms with van der Waals surface area (Å²) in [6.07, 6.45) is 1.58. The van der Waals surface area contributed by atoms with E-state index in [4.69, 9.17) is 4.74 Å². The van der Waals surface area contributed by atoms with Crippen LogP contribution in [0.5, 0.6) is 0 Å². The summed E-state index contributed by atoms with van der Waals surface area (Å²) in [6.45, 7) is 8.26. The maximum atomic E-state index is 12.4. The fourth-order valence-electron chi connectivity index (χ4n) is 3.28. The van der Waals surface area contributed by atoms with Crippen molar-refractivity contribution in [2.24, 2.45) is 0 Å². The lowest BCUT2D eigenvalue weighted by molar-refractivity contribution is -0.144. The molecule has 30 heavy (non-hydrogen) atoms. The predicted molar refractivity (Wildman–Crippen MR) is 115 cm³/mol. The monoisotopic (exact) mass is 421 g/mol. The van der Waals surface area contributed by atoms with Crippen LogP contribution in [0.15, 0.2) is 36.0 Å². The third-order valence-electron chi connectivity index (χ3n) is 5.07. The Labute approximate surface area is 178 Å². The van der Waals surface area contributed by atoms with Gasteiger partial charge in [-0.15, -0.1) is 11.3 Å². The summed E-state index contributed by atoms with van der Waals surface area (Å²) in [5, 5.41) is 7.00. The summed E-state index contributed by atoms with van der Waals surface area (Å²) >= 11 is 1.55. The molecule has 0 amide bonds. The highest BCUT2D eigenvalue weighted by molar-refractivity contribution is 7.13. The van der Waals surface area contributed by atoms with Gasteiger partial charge in [0.1, 0.15) is 17.9 Å². The van der Waals surface area contributed by atoms with Crippen LogP contribution in [-0.4, -0.2) is 30.5 Å². The lowest BCUT2D eigenvalue weighted by Gasteiger charge is -2.10. The van der Waals surface area contributed by atoms with Crippen LogP contribution in [0.2, 0.25) is 0 Å². The van der Waals surface area contributed by atoms with Crippen LogP contribution < -0.4 is 0 Å². The number of aromatic nitrogens is 5. The Hall–Kier alpha value is -3.13. The lowest BCUT2D eigenvalue weighted by Crippen LogP contribution is -2.13. The molecule has 0 radical (unpaired) electrons. The Morgan fingerprint density at radius 3 is 2.67 bits per heavy atom. The molecule has 0 aliphatic heterocycles. The highest BCUT2D eigenvalue weighted by Crippen LogP contribution is 2.26. The van der Waals surface area contributed by atoms with Crippen molar-refractivity contribution in [2.75, 3.05) is 0 Å². The number of rotatable bonds is 6. The molecular weight excluding hydrogens is 398 g/mol. The molecule has 0 saturated carbocycles. The molecule has 0 fully saturated rings. The number of hydrogen-bond acceptors (Lipinski definition) is 7. The third kappa shape index (κ3) is 4.09. The molecule has 0 spiro atoms. The number of carbonyl (C=O) groups excluding carboxylic acids is 1. The highest BCUT2D eigenvalue weighted by Gasteiger charge is 2.16. The smallest absolute Gasteiger partial charge is 0.310 e. The van der Waals surface area contributed by atoms with E-state index in [2.05, 4.69) is 58.2 Å². The number of ether oxygens (including phenoxy) is 1. The zero-order valence-corrected chi connectivity index (χ0v) is 18.2. The van der Waals surface area contributed by atoms with Gasteiger partial charge in [-0.3, -0.25) is 4.79 Å². The van der Waals surface area contributed by atoms with Crippen molar-refractivity contribution in [3.05, 3.63) is 64.2 Å². The standard InChI is InChI=1S/C22H23N5O2S/c1-13(2)16-5-7-17(8-6-16)21-26-18(11-30-21)10-29-20(28)9-19-14(3)25-22-23-12-24-27(22)15(19)4/h5-8,11-13H,9-10H2,1-4H3. The Morgan fingerprint density at radius 1 is 1.17 bits per heavy atom. The van der Waals surface area contributed by atoms with Gasteiger partial charge in [0, 0.05) is 27.9 Å². The van der Waals surface area contributed by atoms with Crippen LogP contribution >= 0.6 is 11.3 Å². The summed E-state index contributed by atoms with van der Waals surface area (Å²) in [6, 6.07) is 8.43. The molecule has 0 unspecified atom stereocenters. The number of thiazole rings is 1. The fraction of sp³-hybridized carbons (Fsp3) is 0.318. The molecule has 0 aliphatic rings. The van der Waals surface area contributed by atoms with E-state index < -0.39 is 0 Å². The molecule has 4 aromatic rings. The van der Waals surface area contributed by atoms with Crippen molar-refractivity contribution in [3.8, 4) is 10.6 Å².